The fraction of sp³-hybridized carbons (Fsp3) is 0.294. The number of benzene rings is 2. The summed E-state index contributed by atoms with van der Waals surface area (Å²) in [6, 6.07) is 12.2. The molecule has 0 saturated heterocycles. The highest BCUT2D eigenvalue weighted by Crippen LogP contribution is 2.43. The van der Waals surface area contributed by atoms with Gasteiger partial charge in [0.2, 0.25) is 0 Å². The zero-order valence-electron chi connectivity index (χ0n) is 11.8. The predicted molar refractivity (Wildman–Crippen MR) is 78.8 cm³/mol. The smallest absolute Gasteiger partial charge is 0.168 e. The molecule has 0 atom stereocenters. The average Bonchev–Trinajstić information content (AvgIpc) is 2.53. The van der Waals surface area contributed by atoms with E-state index in [9.17, 15) is 0 Å². The molecule has 3 heteroatoms. The Hall–Kier alpha value is -2.16. The first kappa shape index (κ1) is 12.9. The van der Waals surface area contributed by atoms with E-state index in [0.29, 0.717) is 0 Å². The van der Waals surface area contributed by atoms with E-state index in [0.717, 1.165) is 47.8 Å². The van der Waals surface area contributed by atoms with E-state index in [4.69, 9.17) is 14.2 Å². The van der Waals surface area contributed by atoms with Crippen LogP contribution in [0.2, 0.25) is 0 Å². The van der Waals surface area contributed by atoms with Crippen molar-refractivity contribution in [2.45, 2.75) is 12.8 Å². The zero-order valence-corrected chi connectivity index (χ0v) is 11.8. The maximum absolute atomic E-state index is 5.89. The second-order valence-electron chi connectivity index (χ2n) is 4.79. The van der Waals surface area contributed by atoms with Crippen molar-refractivity contribution in [2.75, 3.05) is 20.8 Å². The van der Waals surface area contributed by atoms with Gasteiger partial charge in [-0.1, -0.05) is 30.3 Å². The van der Waals surface area contributed by atoms with Crippen LogP contribution in [-0.2, 0) is 6.42 Å². The average molecular weight is 270 g/mol. The third-order valence-corrected chi connectivity index (χ3v) is 3.63. The van der Waals surface area contributed by atoms with Crippen molar-refractivity contribution in [1.29, 1.82) is 0 Å². The van der Waals surface area contributed by atoms with Crippen LogP contribution < -0.4 is 14.2 Å². The van der Waals surface area contributed by atoms with Gasteiger partial charge in [0.1, 0.15) is 5.75 Å². The lowest BCUT2D eigenvalue weighted by Gasteiger charge is -2.21. The van der Waals surface area contributed by atoms with E-state index in [2.05, 4.69) is 18.2 Å². The first-order valence-electron chi connectivity index (χ1n) is 6.81. The van der Waals surface area contributed by atoms with Crippen molar-refractivity contribution in [3.8, 4) is 28.4 Å². The number of methoxy groups -OCH3 is 2. The van der Waals surface area contributed by atoms with E-state index >= 15 is 0 Å². The van der Waals surface area contributed by atoms with Gasteiger partial charge in [-0.15, -0.1) is 0 Å². The second-order valence-corrected chi connectivity index (χ2v) is 4.79. The van der Waals surface area contributed by atoms with Crippen LogP contribution in [0.25, 0.3) is 11.1 Å². The van der Waals surface area contributed by atoms with Crippen molar-refractivity contribution in [2.24, 2.45) is 0 Å². The minimum Gasteiger partial charge on any atom is -0.493 e. The lowest BCUT2D eigenvalue weighted by atomic mass is 9.97. The topological polar surface area (TPSA) is 27.7 Å². The summed E-state index contributed by atoms with van der Waals surface area (Å²) in [5, 5.41) is 0. The molecule has 1 aliphatic heterocycles. The molecule has 0 N–H and O–H groups in total. The quantitative estimate of drug-likeness (QED) is 0.851. The monoisotopic (exact) mass is 270 g/mol. The Balaban J connectivity index is 2.19. The summed E-state index contributed by atoms with van der Waals surface area (Å²) in [6.07, 6.45) is 2.14. The molecule has 2 aromatic carbocycles. The highest BCUT2D eigenvalue weighted by molar-refractivity contribution is 5.79. The minimum absolute atomic E-state index is 0.735. The molecule has 0 bridgehead atoms. The van der Waals surface area contributed by atoms with E-state index in [1.54, 1.807) is 14.2 Å². The summed E-state index contributed by atoms with van der Waals surface area (Å²) in [6.45, 7) is 0.774. The van der Waals surface area contributed by atoms with Crippen LogP contribution in [0.4, 0.5) is 0 Å². The molecule has 0 aliphatic carbocycles. The van der Waals surface area contributed by atoms with Crippen LogP contribution in [0.15, 0.2) is 36.4 Å². The van der Waals surface area contributed by atoms with Gasteiger partial charge in [0.05, 0.1) is 20.8 Å². The van der Waals surface area contributed by atoms with Crippen molar-refractivity contribution in [3.05, 3.63) is 42.0 Å². The number of ether oxygens (including phenoxy) is 3. The predicted octanol–water partition coefficient (Wildman–Crippen LogP) is 3.70. The highest BCUT2D eigenvalue weighted by atomic mass is 16.5. The standard InChI is InChI=1S/C17H18O3/c1-18-15-10-4-9-14(17(15)19-2)13-8-3-6-12-7-5-11-20-16(12)13/h3-4,6,8-10H,5,7,11H2,1-2H3. The fourth-order valence-electron chi connectivity index (χ4n) is 2.70. The maximum Gasteiger partial charge on any atom is 0.168 e. The molecule has 104 valence electrons. The molecule has 0 saturated carbocycles. The summed E-state index contributed by atoms with van der Waals surface area (Å²) in [4.78, 5) is 0. The normalized spacial score (nSPS) is 13.3. The summed E-state index contributed by atoms with van der Waals surface area (Å²) in [5.41, 5.74) is 3.34. The largest absolute Gasteiger partial charge is 0.493 e. The first-order chi connectivity index (χ1) is 9.85. The molecule has 20 heavy (non-hydrogen) atoms. The molecular weight excluding hydrogens is 252 g/mol. The van der Waals surface area contributed by atoms with Crippen LogP contribution in [0.1, 0.15) is 12.0 Å². The Morgan fingerprint density at radius 2 is 1.75 bits per heavy atom. The molecule has 1 aliphatic rings. The summed E-state index contributed by atoms with van der Waals surface area (Å²) >= 11 is 0. The first-order valence-corrected chi connectivity index (χ1v) is 6.81. The number of hydrogen-bond acceptors (Lipinski definition) is 3. The Morgan fingerprint density at radius 3 is 2.55 bits per heavy atom. The Labute approximate surface area is 119 Å². The number of hydrogen-bond donors (Lipinski definition) is 0. The van der Waals surface area contributed by atoms with Crippen LogP contribution in [0, 0.1) is 0 Å². The van der Waals surface area contributed by atoms with Gasteiger partial charge in [-0.3, -0.25) is 0 Å². The fourth-order valence-corrected chi connectivity index (χ4v) is 2.70. The van der Waals surface area contributed by atoms with Crippen molar-refractivity contribution in [1.82, 2.24) is 0 Å². The van der Waals surface area contributed by atoms with E-state index < -0.39 is 0 Å². The minimum atomic E-state index is 0.735. The van der Waals surface area contributed by atoms with Gasteiger partial charge >= 0.3 is 0 Å². The second kappa shape index (κ2) is 5.45. The SMILES string of the molecule is COc1cccc(-c2cccc3c2OCCC3)c1OC. The van der Waals surface area contributed by atoms with Crippen LogP contribution in [0.3, 0.4) is 0 Å². The van der Waals surface area contributed by atoms with Crippen molar-refractivity contribution >= 4 is 0 Å². The van der Waals surface area contributed by atoms with Gasteiger partial charge in [-0.25, -0.2) is 0 Å². The summed E-state index contributed by atoms with van der Waals surface area (Å²) in [5.74, 6) is 2.46. The third-order valence-electron chi connectivity index (χ3n) is 3.63. The van der Waals surface area contributed by atoms with Crippen molar-refractivity contribution in [3.63, 3.8) is 0 Å². The molecule has 0 fully saturated rings. The number of fused-ring (bicyclic) bond motifs is 1. The lowest BCUT2D eigenvalue weighted by Crippen LogP contribution is -2.09. The molecule has 2 aromatic rings. The molecule has 1 heterocycles. The molecular formula is C17H18O3. The van der Waals surface area contributed by atoms with Gasteiger partial charge in [0.15, 0.2) is 11.5 Å². The number of aryl methyl sites for hydroxylation is 1. The number of para-hydroxylation sites is 2. The van der Waals surface area contributed by atoms with Gasteiger partial charge in [-0.2, -0.15) is 0 Å². The molecule has 0 unspecified atom stereocenters. The van der Waals surface area contributed by atoms with E-state index in [-0.39, 0.29) is 0 Å². The Kier molecular flexibility index (Phi) is 3.50. The van der Waals surface area contributed by atoms with Crippen LogP contribution >= 0.6 is 0 Å². The molecule has 0 amide bonds. The molecule has 3 rings (SSSR count). The molecule has 0 spiro atoms. The number of rotatable bonds is 3. The molecule has 0 radical (unpaired) electrons. The summed E-state index contributed by atoms with van der Waals surface area (Å²) < 4.78 is 16.8. The zero-order chi connectivity index (χ0) is 13.9. The molecule has 3 nitrogen and oxygen atoms in total. The van der Waals surface area contributed by atoms with Gasteiger partial charge in [-0.05, 0) is 24.5 Å². The maximum atomic E-state index is 5.89. The summed E-state index contributed by atoms with van der Waals surface area (Å²) in [7, 11) is 3.32. The van der Waals surface area contributed by atoms with Gasteiger partial charge in [0.25, 0.3) is 0 Å². The van der Waals surface area contributed by atoms with Crippen LogP contribution in [-0.4, -0.2) is 20.8 Å². The van der Waals surface area contributed by atoms with Gasteiger partial charge in [0, 0.05) is 11.1 Å². The van der Waals surface area contributed by atoms with E-state index in [1.807, 2.05) is 18.2 Å². The van der Waals surface area contributed by atoms with Gasteiger partial charge < -0.3 is 14.2 Å². The lowest BCUT2D eigenvalue weighted by molar-refractivity contribution is 0.289. The third kappa shape index (κ3) is 2.09. The van der Waals surface area contributed by atoms with E-state index in [1.165, 1.54) is 5.56 Å². The van der Waals surface area contributed by atoms with Crippen LogP contribution in [0.5, 0.6) is 17.2 Å². The Bertz CT molecular complexity index is 582. The van der Waals surface area contributed by atoms with Crippen molar-refractivity contribution < 1.29 is 14.2 Å². The molecule has 0 aromatic heterocycles. The highest BCUT2D eigenvalue weighted by Gasteiger charge is 2.19. The Morgan fingerprint density at radius 1 is 0.950 bits per heavy atom.